The van der Waals surface area contributed by atoms with Crippen LogP contribution in [0.1, 0.15) is 11.7 Å². The Labute approximate surface area is 125 Å². The van der Waals surface area contributed by atoms with Gasteiger partial charge < -0.3 is 20.3 Å². The molecule has 3 N–H and O–H groups in total. The molecule has 0 saturated heterocycles. The molecule has 118 valence electrons. The highest BCUT2D eigenvalue weighted by molar-refractivity contribution is 5.73. The molecule has 0 aliphatic rings. The third-order valence-electron chi connectivity index (χ3n) is 3.00. The SMILES string of the molecule is O=C(NCCn1ccnc1)NC[C@H](O)c1ccc(F)c(F)c1. The lowest BCUT2D eigenvalue weighted by Gasteiger charge is -2.13. The maximum absolute atomic E-state index is 13.0. The van der Waals surface area contributed by atoms with Crippen LogP contribution in [0.25, 0.3) is 0 Å². The fourth-order valence-electron chi connectivity index (χ4n) is 1.81. The van der Waals surface area contributed by atoms with Crippen LogP contribution < -0.4 is 10.6 Å². The molecule has 2 amide bonds. The van der Waals surface area contributed by atoms with E-state index in [0.717, 1.165) is 12.1 Å². The zero-order valence-electron chi connectivity index (χ0n) is 11.7. The quantitative estimate of drug-likeness (QED) is 0.750. The summed E-state index contributed by atoms with van der Waals surface area (Å²) in [6, 6.07) is 2.64. The van der Waals surface area contributed by atoms with Gasteiger partial charge in [0.2, 0.25) is 0 Å². The highest BCUT2D eigenvalue weighted by atomic mass is 19.2. The van der Waals surface area contributed by atoms with Crippen molar-refractivity contribution in [1.29, 1.82) is 0 Å². The van der Waals surface area contributed by atoms with E-state index in [1.165, 1.54) is 6.07 Å². The topological polar surface area (TPSA) is 79.2 Å². The zero-order chi connectivity index (χ0) is 15.9. The van der Waals surface area contributed by atoms with Gasteiger partial charge in [-0.1, -0.05) is 6.07 Å². The molecule has 1 atom stereocenters. The van der Waals surface area contributed by atoms with Crippen LogP contribution in [0.3, 0.4) is 0 Å². The molecule has 1 heterocycles. The van der Waals surface area contributed by atoms with Crippen molar-refractivity contribution in [3.05, 3.63) is 54.1 Å². The number of nitrogens with zero attached hydrogens (tertiary/aromatic N) is 2. The molecule has 1 aromatic heterocycles. The molecule has 22 heavy (non-hydrogen) atoms. The first-order valence-corrected chi connectivity index (χ1v) is 6.66. The zero-order valence-corrected chi connectivity index (χ0v) is 11.7. The molecule has 0 aliphatic carbocycles. The van der Waals surface area contributed by atoms with E-state index in [1.807, 2.05) is 0 Å². The van der Waals surface area contributed by atoms with Crippen molar-refractivity contribution in [1.82, 2.24) is 20.2 Å². The summed E-state index contributed by atoms with van der Waals surface area (Å²) in [6.07, 6.45) is 3.92. The number of benzene rings is 1. The van der Waals surface area contributed by atoms with Crippen LogP contribution in [0, 0.1) is 11.6 Å². The van der Waals surface area contributed by atoms with Crippen molar-refractivity contribution in [3.8, 4) is 0 Å². The van der Waals surface area contributed by atoms with Crippen molar-refractivity contribution < 1.29 is 18.7 Å². The Morgan fingerprint density at radius 3 is 2.82 bits per heavy atom. The maximum atomic E-state index is 13.0. The Morgan fingerprint density at radius 1 is 1.32 bits per heavy atom. The summed E-state index contributed by atoms with van der Waals surface area (Å²) in [5.74, 6) is -2.03. The number of imidazole rings is 1. The van der Waals surface area contributed by atoms with E-state index in [-0.39, 0.29) is 12.1 Å². The minimum atomic E-state index is -1.12. The van der Waals surface area contributed by atoms with Gasteiger partial charge in [0.25, 0.3) is 0 Å². The number of aromatic nitrogens is 2. The van der Waals surface area contributed by atoms with Crippen molar-refractivity contribution in [2.45, 2.75) is 12.6 Å². The minimum Gasteiger partial charge on any atom is -0.387 e. The van der Waals surface area contributed by atoms with Gasteiger partial charge in [-0.3, -0.25) is 0 Å². The maximum Gasteiger partial charge on any atom is 0.314 e. The highest BCUT2D eigenvalue weighted by Crippen LogP contribution is 2.15. The average molecular weight is 310 g/mol. The number of urea groups is 1. The number of rotatable bonds is 6. The third-order valence-corrected chi connectivity index (χ3v) is 3.00. The number of amides is 2. The molecular formula is C14H16F2N4O2. The van der Waals surface area contributed by atoms with Crippen molar-refractivity contribution in [2.75, 3.05) is 13.1 Å². The summed E-state index contributed by atoms with van der Waals surface area (Å²) < 4.78 is 27.6. The first-order valence-electron chi connectivity index (χ1n) is 6.66. The van der Waals surface area contributed by atoms with E-state index >= 15 is 0 Å². The number of hydrogen-bond donors (Lipinski definition) is 3. The van der Waals surface area contributed by atoms with Crippen LogP contribution >= 0.6 is 0 Å². The van der Waals surface area contributed by atoms with E-state index in [0.29, 0.717) is 13.1 Å². The summed E-state index contributed by atoms with van der Waals surface area (Å²) >= 11 is 0. The van der Waals surface area contributed by atoms with Gasteiger partial charge in [0.05, 0.1) is 12.4 Å². The van der Waals surface area contributed by atoms with Crippen LogP contribution in [0.4, 0.5) is 13.6 Å². The van der Waals surface area contributed by atoms with Gasteiger partial charge in [-0.05, 0) is 17.7 Å². The molecule has 2 rings (SSSR count). The largest absolute Gasteiger partial charge is 0.387 e. The predicted molar refractivity (Wildman–Crippen MR) is 74.9 cm³/mol. The number of aliphatic hydroxyl groups excluding tert-OH is 1. The molecule has 0 unspecified atom stereocenters. The third kappa shape index (κ3) is 4.52. The van der Waals surface area contributed by atoms with Crippen molar-refractivity contribution >= 4 is 6.03 Å². The van der Waals surface area contributed by atoms with E-state index in [9.17, 15) is 18.7 Å². The van der Waals surface area contributed by atoms with Crippen LogP contribution in [-0.2, 0) is 6.54 Å². The Kier molecular flexibility index (Phi) is 5.42. The Morgan fingerprint density at radius 2 is 2.14 bits per heavy atom. The van der Waals surface area contributed by atoms with Gasteiger partial charge in [-0.2, -0.15) is 0 Å². The number of carbonyl (C=O) groups excluding carboxylic acids is 1. The van der Waals surface area contributed by atoms with Crippen LogP contribution in [0.15, 0.2) is 36.9 Å². The van der Waals surface area contributed by atoms with Crippen LogP contribution in [-0.4, -0.2) is 33.8 Å². The lowest BCUT2D eigenvalue weighted by molar-refractivity contribution is 0.172. The molecule has 0 aliphatic heterocycles. The van der Waals surface area contributed by atoms with Gasteiger partial charge in [-0.15, -0.1) is 0 Å². The second kappa shape index (κ2) is 7.51. The molecule has 0 bridgehead atoms. The number of hydrogen-bond acceptors (Lipinski definition) is 3. The Hall–Kier alpha value is -2.48. The van der Waals surface area contributed by atoms with E-state index in [4.69, 9.17) is 0 Å². The monoisotopic (exact) mass is 310 g/mol. The molecule has 0 saturated carbocycles. The number of carbonyl (C=O) groups is 1. The van der Waals surface area contributed by atoms with Crippen molar-refractivity contribution in [3.63, 3.8) is 0 Å². The molecule has 0 fully saturated rings. The summed E-state index contributed by atoms with van der Waals surface area (Å²) in [5.41, 5.74) is 0.192. The predicted octanol–water partition coefficient (Wildman–Crippen LogP) is 1.19. The molecule has 6 nitrogen and oxygen atoms in total. The van der Waals surface area contributed by atoms with Gasteiger partial charge in [0.1, 0.15) is 0 Å². The lowest BCUT2D eigenvalue weighted by atomic mass is 10.1. The molecule has 0 radical (unpaired) electrons. The first kappa shape index (κ1) is 15.9. The minimum absolute atomic E-state index is 0.109. The van der Waals surface area contributed by atoms with Gasteiger partial charge >= 0.3 is 6.03 Å². The van der Waals surface area contributed by atoms with E-state index < -0.39 is 23.8 Å². The average Bonchev–Trinajstić information content (AvgIpc) is 3.01. The first-order chi connectivity index (χ1) is 10.6. The molecule has 8 heteroatoms. The summed E-state index contributed by atoms with van der Waals surface area (Å²) in [7, 11) is 0. The summed E-state index contributed by atoms with van der Waals surface area (Å²) in [6.45, 7) is 0.852. The fraction of sp³-hybridized carbons (Fsp3) is 0.286. The number of aliphatic hydroxyl groups is 1. The van der Waals surface area contributed by atoms with Crippen molar-refractivity contribution in [2.24, 2.45) is 0 Å². The molecule has 1 aromatic carbocycles. The van der Waals surface area contributed by atoms with Crippen LogP contribution in [0.5, 0.6) is 0 Å². The normalized spacial score (nSPS) is 12.0. The fourth-order valence-corrected chi connectivity index (χ4v) is 1.81. The molecule has 0 spiro atoms. The molecule has 2 aromatic rings. The Bertz CT molecular complexity index is 619. The van der Waals surface area contributed by atoms with Crippen LogP contribution in [0.2, 0.25) is 0 Å². The second-order valence-electron chi connectivity index (χ2n) is 4.63. The van der Waals surface area contributed by atoms with Gasteiger partial charge in [-0.25, -0.2) is 18.6 Å². The summed E-state index contributed by atoms with van der Waals surface area (Å²) in [4.78, 5) is 15.4. The Balaban J connectivity index is 1.72. The number of nitrogens with one attached hydrogen (secondary N) is 2. The van der Waals surface area contributed by atoms with Gasteiger partial charge in [0.15, 0.2) is 11.6 Å². The second-order valence-corrected chi connectivity index (χ2v) is 4.63. The van der Waals surface area contributed by atoms with E-state index in [1.54, 1.807) is 23.3 Å². The highest BCUT2D eigenvalue weighted by Gasteiger charge is 2.12. The van der Waals surface area contributed by atoms with E-state index in [2.05, 4.69) is 15.6 Å². The van der Waals surface area contributed by atoms with Gasteiger partial charge in [0, 0.05) is 32.0 Å². The standard InChI is InChI=1S/C14H16F2N4O2/c15-11-2-1-10(7-12(11)16)13(21)8-19-14(22)18-4-6-20-5-3-17-9-20/h1-3,5,7,9,13,21H,4,6,8H2,(H2,18,19,22)/t13-/m0/s1. The lowest BCUT2D eigenvalue weighted by Crippen LogP contribution is -2.39. The molecular weight excluding hydrogens is 294 g/mol. The smallest absolute Gasteiger partial charge is 0.314 e. The summed E-state index contributed by atoms with van der Waals surface area (Å²) in [5, 5.41) is 14.9. The number of halogens is 2.